The van der Waals surface area contributed by atoms with E-state index < -0.39 is 5.60 Å². The van der Waals surface area contributed by atoms with Crippen LogP contribution in [-0.4, -0.2) is 21.3 Å². The molecule has 0 spiro atoms. The van der Waals surface area contributed by atoms with E-state index in [0.717, 1.165) is 37.0 Å². The van der Waals surface area contributed by atoms with Gasteiger partial charge in [-0.25, -0.2) is 0 Å². The molecule has 0 aromatic carbocycles. The van der Waals surface area contributed by atoms with Crippen LogP contribution in [0.5, 0.6) is 0 Å². The van der Waals surface area contributed by atoms with E-state index in [2.05, 4.69) is 29.8 Å². The Morgan fingerprint density at radius 1 is 0.962 bits per heavy atom. The lowest BCUT2D eigenvalue weighted by molar-refractivity contribution is -0.150. The zero-order valence-electron chi connectivity index (χ0n) is 17.1. The largest absolute Gasteiger partial charge is 0.390 e. The highest BCUT2D eigenvalue weighted by molar-refractivity contribution is 9.10. The van der Waals surface area contributed by atoms with E-state index in [1.165, 1.54) is 38.5 Å². The van der Waals surface area contributed by atoms with Crippen molar-refractivity contribution in [1.29, 1.82) is 0 Å². The zero-order chi connectivity index (χ0) is 18.9. The van der Waals surface area contributed by atoms with Crippen LogP contribution < -0.4 is 0 Å². The van der Waals surface area contributed by atoms with Crippen molar-refractivity contribution in [2.24, 2.45) is 40.4 Å². The summed E-state index contributed by atoms with van der Waals surface area (Å²) in [4.78, 5) is 12.8. The molecule has 1 N–H and O–H groups in total. The standard InChI is InChI=1S/C23H37BrO2/c1-14(24)20(25)19-8-7-17-16-6-5-15-13-21(2,26)11-12-22(15,3)18(16)9-10-23(17,19)4/h14-19,26H,5-13H2,1-4H3/t14?,15-,16?,17-,18-,19+,21+,22-,23-/m0/s1. The Bertz CT molecular complexity index is 585. The van der Waals surface area contributed by atoms with Gasteiger partial charge >= 0.3 is 0 Å². The summed E-state index contributed by atoms with van der Waals surface area (Å²) >= 11 is 3.55. The molecule has 2 nitrogen and oxygen atoms in total. The Morgan fingerprint density at radius 2 is 1.65 bits per heavy atom. The molecule has 0 heterocycles. The van der Waals surface area contributed by atoms with Crippen molar-refractivity contribution in [2.75, 3.05) is 0 Å². The quantitative estimate of drug-likeness (QED) is 0.572. The van der Waals surface area contributed by atoms with Gasteiger partial charge in [0.15, 0.2) is 0 Å². The molecule has 4 fully saturated rings. The van der Waals surface area contributed by atoms with Crippen molar-refractivity contribution >= 4 is 21.7 Å². The number of fused-ring (bicyclic) bond motifs is 5. The number of hydrogen-bond acceptors (Lipinski definition) is 2. The first kappa shape index (κ1) is 19.4. The van der Waals surface area contributed by atoms with Crippen molar-refractivity contribution in [3.05, 3.63) is 0 Å². The number of rotatable bonds is 2. The lowest BCUT2D eigenvalue weighted by Gasteiger charge is -2.61. The van der Waals surface area contributed by atoms with E-state index in [-0.39, 0.29) is 16.2 Å². The number of hydrogen-bond donors (Lipinski definition) is 1. The second kappa shape index (κ2) is 6.31. The van der Waals surface area contributed by atoms with Crippen LogP contribution in [0, 0.1) is 40.4 Å². The molecule has 4 aliphatic rings. The SMILES string of the molecule is CC(Br)C(=O)[C@H]1CC[C@H]2C3CC[C@H]4C[C@](C)(O)CC[C@]4(C)[C@H]3CC[C@]12C. The van der Waals surface area contributed by atoms with Crippen LogP contribution in [0.1, 0.15) is 85.5 Å². The van der Waals surface area contributed by atoms with Gasteiger partial charge in [-0.3, -0.25) is 4.79 Å². The fourth-order valence-electron chi connectivity index (χ4n) is 8.18. The predicted molar refractivity (Wildman–Crippen MR) is 109 cm³/mol. The summed E-state index contributed by atoms with van der Waals surface area (Å²) in [6.45, 7) is 9.04. The minimum Gasteiger partial charge on any atom is -0.390 e. The fourth-order valence-corrected chi connectivity index (χ4v) is 8.49. The number of halogens is 1. The normalized spacial score (nSPS) is 54.8. The van der Waals surface area contributed by atoms with Gasteiger partial charge in [0, 0.05) is 5.92 Å². The number of ketones is 1. The Morgan fingerprint density at radius 3 is 2.35 bits per heavy atom. The Kier molecular flexibility index (Phi) is 4.71. The molecule has 4 aliphatic carbocycles. The first-order valence-electron chi connectivity index (χ1n) is 11.0. The maximum atomic E-state index is 12.9. The molecule has 0 aromatic heterocycles. The van der Waals surface area contributed by atoms with Crippen LogP contribution in [-0.2, 0) is 4.79 Å². The Labute approximate surface area is 168 Å². The molecule has 4 rings (SSSR count). The van der Waals surface area contributed by atoms with Crippen LogP contribution in [0.4, 0.5) is 0 Å². The van der Waals surface area contributed by atoms with E-state index in [1.807, 2.05) is 13.8 Å². The summed E-state index contributed by atoms with van der Waals surface area (Å²) in [5, 5.41) is 10.6. The molecule has 9 atom stereocenters. The lowest BCUT2D eigenvalue weighted by atomic mass is 9.44. The first-order valence-corrected chi connectivity index (χ1v) is 11.9. The maximum Gasteiger partial charge on any atom is 0.149 e. The van der Waals surface area contributed by atoms with Crippen molar-refractivity contribution in [1.82, 2.24) is 0 Å². The second-order valence-electron chi connectivity index (χ2n) is 11.1. The van der Waals surface area contributed by atoms with E-state index in [4.69, 9.17) is 0 Å². The van der Waals surface area contributed by atoms with E-state index in [1.54, 1.807) is 0 Å². The van der Waals surface area contributed by atoms with Crippen LogP contribution in [0.2, 0.25) is 0 Å². The molecule has 0 aromatic rings. The number of carbonyl (C=O) groups excluding carboxylic acids is 1. The summed E-state index contributed by atoms with van der Waals surface area (Å²) in [6, 6.07) is 0. The van der Waals surface area contributed by atoms with Crippen molar-refractivity contribution < 1.29 is 9.90 Å². The molecule has 0 saturated heterocycles. The van der Waals surface area contributed by atoms with Gasteiger partial charge in [-0.15, -0.1) is 0 Å². The van der Waals surface area contributed by atoms with E-state index in [9.17, 15) is 9.90 Å². The van der Waals surface area contributed by atoms with Crippen LogP contribution in [0.25, 0.3) is 0 Å². The molecule has 0 bridgehead atoms. The number of Topliss-reactive ketones (excluding diaryl/α,β-unsaturated/α-hetero) is 1. The third kappa shape index (κ3) is 2.78. The molecule has 0 aliphatic heterocycles. The van der Waals surface area contributed by atoms with Gasteiger partial charge in [0.1, 0.15) is 5.78 Å². The lowest BCUT2D eigenvalue weighted by Crippen LogP contribution is -2.55. The van der Waals surface area contributed by atoms with Gasteiger partial charge in [-0.05, 0) is 106 Å². The Balaban J connectivity index is 1.59. The van der Waals surface area contributed by atoms with Gasteiger partial charge in [-0.2, -0.15) is 0 Å². The third-order valence-electron chi connectivity index (χ3n) is 9.69. The fraction of sp³-hybridized carbons (Fsp3) is 0.957. The van der Waals surface area contributed by atoms with Crippen molar-refractivity contribution in [2.45, 2.75) is 95.9 Å². The highest BCUT2D eigenvalue weighted by Gasteiger charge is 2.61. The number of aliphatic hydroxyl groups is 1. The average molecular weight is 425 g/mol. The van der Waals surface area contributed by atoms with E-state index in [0.29, 0.717) is 17.1 Å². The first-order chi connectivity index (χ1) is 12.1. The van der Waals surface area contributed by atoms with Gasteiger partial charge in [0.25, 0.3) is 0 Å². The van der Waals surface area contributed by atoms with Crippen LogP contribution in [0.15, 0.2) is 0 Å². The zero-order valence-corrected chi connectivity index (χ0v) is 18.6. The van der Waals surface area contributed by atoms with Crippen LogP contribution in [0.3, 0.4) is 0 Å². The highest BCUT2D eigenvalue weighted by Crippen LogP contribution is 2.68. The van der Waals surface area contributed by atoms with Gasteiger partial charge in [0.2, 0.25) is 0 Å². The van der Waals surface area contributed by atoms with Gasteiger partial charge < -0.3 is 5.11 Å². The van der Waals surface area contributed by atoms with Crippen molar-refractivity contribution in [3.63, 3.8) is 0 Å². The molecule has 2 unspecified atom stereocenters. The topological polar surface area (TPSA) is 37.3 Å². The molecule has 3 heteroatoms. The van der Waals surface area contributed by atoms with Gasteiger partial charge in [-0.1, -0.05) is 29.8 Å². The molecule has 0 radical (unpaired) electrons. The third-order valence-corrected chi connectivity index (χ3v) is 10.1. The minimum absolute atomic E-state index is 0.00497. The summed E-state index contributed by atoms with van der Waals surface area (Å²) < 4.78 is 0. The maximum absolute atomic E-state index is 12.9. The molecular formula is C23H37BrO2. The average Bonchev–Trinajstić information content (AvgIpc) is 2.91. The van der Waals surface area contributed by atoms with Crippen LogP contribution >= 0.6 is 15.9 Å². The monoisotopic (exact) mass is 424 g/mol. The Hall–Kier alpha value is 0.110. The number of carbonyl (C=O) groups is 1. The number of alkyl halides is 1. The summed E-state index contributed by atoms with van der Waals surface area (Å²) in [6.07, 6.45) is 10.7. The smallest absolute Gasteiger partial charge is 0.149 e. The summed E-state index contributed by atoms with van der Waals surface area (Å²) in [5.74, 6) is 3.76. The summed E-state index contributed by atoms with van der Waals surface area (Å²) in [5.41, 5.74) is 0.192. The molecular weight excluding hydrogens is 388 g/mol. The second-order valence-corrected chi connectivity index (χ2v) is 12.4. The van der Waals surface area contributed by atoms with Gasteiger partial charge in [0.05, 0.1) is 10.4 Å². The van der Waals surface area contributed by atoms with E-state index >= 15 is 0 Å². The molecule has 26 heavy (non-hydrogen) atoms. The minimum atomic E-state index is -0.447. The molecule has 0 amide bonds. The van der Waals surface area contributed by atoms with Crippen molar-refractivity contribution in [3.8, 4) is 0 Å². The predicted octanol–water partition coefficient (Wildman–Crippen LogP) is 5.75. The summed E-state index contributed by atoms with van der Waals surface area (Å²) in [7, 11) is 0. The molecule has 4 saturated carbocycles. The highest BCUT2D eigenvalue weighted by atomic mass is 79.9. The molecule has 148 valence electrons.